The SMILES string of the molecule is NCCCCCCC(=O)N1CCC2CCCCC21. The molecule has 18 heavy (non-hydrogen) atoms. The van der Waals surface area contributed by atoms with Crippen molar-refractivity contribution < 1.29 is 4.79 Å². The quantitative estimate of drug-likeness (QED) is 0.739. The highest BCUT2D eigenvalue weighted by Gasteiger charge is 2.37. The van der Waals surface area contributed by atoms with Crippen LogP contribution in [0.3, 0.4) is 0 Å². The summed E-state index contributed by atoms with van der Waals surface area (Å²) in [5.74, 6) is 1.23. The number of fused-ring (bicyclic) bond motifs is 1. The number of amides is 1. The molecule has 2 unspecified atom stereocenters. The average Bonchev–Trinajstić information content (AvgIpc) is 2.82. The van der Waals surface area contributed by atoms with Crippen LogP contribution >= 0.6 is 0 Å². The predicted molar refractivity (Wildman–Crippen MR) is 74.2 cm³/mol. The van der Waals surface area contributed by atoms with Gasteiger partial charge in [0, 0.05) is 19.0 Å². The van der Waals surface area contributed by atoms with Crippen molar-refractivity contribution >= 4 is 5.91 Å². The molecule has 1 aliphatic carbocycles. The van der Waals surface area contributed by atoms with Gasteiger partial charge in [0.15, 0.2) is 0 Å². The molecule has 0 spiro atoms. The summed E-state index contributed by atoms with van der Waals surface area (Å²) in [5, 5.41) is 0. The summed E-state index contributed by atoms with van der Waals surface area (Å²) in [6.07, 6.45) is 11.8. The molecule has 1 saturated carbocycles. The van der Waals surface area contributed by atoms with E-state index >= 15 is 0 Å². The summed E-state index contributed by atoms with van der Waals surface area (Å²) in [7, 11) is 0. The lowest BCUT2D eigenvalue weighted by Crippen LogP contribution is -2.39. The van der Waals surface area contributed by atoms with Gasteiger partial charge in [0.2, 0.25) is 5.91 Å². The van der Waals surface area contributed by atoms with Gasteiger partial charge in [-0.05, 0) is 44.6 Å². The van der Waals surface area contributed by atoms with Crippen LogP contribution in [0.4, 0.5) is 0 Å². The van der Waals surface area contributed by atoms with Crippen molar-refractivity contribution in [2.24, 2.45) is 11.7 Å². The Kier molecular flexibility index (Phi) is 5.48. The summed E-state index contributed by atoms with van der Waals surface area (Å²) in [5.41, 5.74) is 5.47. The van der Waals surface area contributed by atoms with Crippen molar-refractivity contribution in [3.05, 3.63) is 0 Å². The van der Waals surface area contributed by atoms with Crippen molar-refractivity contribution in [1.82, 2.24) is 4.90 Å². The van der Waals surface area contributed by atoms with Crippen molar-refractivity contribution in [1.29, 1.82) is 0 Å². The van der Waals surface area contributed by atoms with Crippen molar-refractivity contribution in [2.75, 3.05) is 13.1 Å². The largest absolute Gasteiger partial charge is 0.339 e. The monoisotopic (exact) mass is 252 g/mol. The van der Waals surface area contributed by atoms with Gasteiger partial charge < -0.3 is 10.6 Å². The Bertz CT molecular complexity index is 267. The zero-order valence-electron chi connectivity index (χ0n) is 11.6. The lowest BCUT2D eigenvalue weighted by molar-refractivity contribution is -0.132. The lowest BCUT2D eigenvalue weighted by Gasteiger charge is -2.31. The van der Waals surface area contributed by atoms with Crippen LogP contribution in [0.25, 0.3) is 0 Å². The van der Waals surface area contributed by atoms with E-state index in [0.717, 1.165) is 44.7 Å². The number of likely N-dealkylation sites (tertiary alicyclic amines) is 1. The van der Waals surface area contributed by atoms with E-state index in [-0.39, 0.29) is 0 Å². The molecule has 3 nitrogen and oxygen atoms in total. The maximum atomic E-state index is 12.2. The summed E-state index contributed by atoms with van der Waals surface area (Å²) < 4.78 is 0. The molecule has 0 aromatic rings. The number of unbranched alkanes of at least 4 members (excludes halogenated alkanes) is 3. The highest BCUT2D eigenvalue weighted by Crippen LogP contribution is 2.36. The number of hydrogen-bond donors (Lipinski definition) is 1. The summed E-state index contributed by atoms with van der Waals surface area (Å²) in [6.45, 7) is 1.81. The summed E-state index contributed by atoms with van der Waals surface area (Å²) in [4.78, 5) is 14.4. The molecule has 1 heterocycles. The molecule has 1 amide bonds. The third-order valence-electron chi connectivity index (χ3n) is 4.68. The van der Waals surface area contributed by atoms with Gasteiger partial charge in [0.05, 0.1) is 0 Å². The van der Waals surface area contributed by atoms with E-state index in [1.165, 1.54) is 38.5 Å². The molecule has 104 valence electrons. The van der Waals surface area contributed by atoms with Gasteiger partial charge in [0.25, 0.3) is 0 Å². The Morgan fingerprint density at radius 2 is 1.83 bits per heavy atom. The molecule has 3 heteroatoms. The molecule has 0 bridgehead atoms. The lowest BCUT2D eigenvalue weighted by atomic mass is 9.85. The van der Waals surface area contributed by atoms with Crippen LogP contribution in [0.5, 0.6) is 0 Å². The second-order valence-corrected chi connectivity index (χ2v) is 5.94. The minimum absolute atomic E-state index is 0.414. The normalized spacial score (nSPS) is 27.3. The average molecular weight is 252 g/mol. The first-order valence-electron chi connectivity index (χ1n) is 7.82. The first-order chi connectivity index (χ1) is 8.83. The fourth-order valence-corrected chi connectivity index (χ4v) is 3.63. The number of carbonyl (C=O) groups is 1. The zero-order valence-corrected chi connectivity index (χ0v) is 11.6. The standard InChI is InChI=1S/C15H28N2O/c16-11-6-2-1-3-9-15(18)17-12-10-13-7-4-5-8-14(13)17/h13-14H,1-12,16H2. The van der Waals surface area contributed by atoms with Crippen LogP contribution in [0.2, 0.25) is 0 Å². The van der Waals surface area contributed by atoms with E-state index < -0.39 is 0 Å². The molecule has 0 aromatic carbocycles. The van der Waals surface area contributed by atoms with Crippen molar-refractivity contribution in [3.8, 4) is 0 Å². The number of nitrogens with zero attached hydrogens (tertiary/aromatic N) is 1. The maximum absolute atomic E-state index is 12.2. The first kappa shape index (κ1) is 13.9. The van der Waals surface area contributed by atoms with E-state index in [1.54, 1.807) is 0 Å². The molecule has 1 saturated heterocycles. The van der Waals surface area contributed by atoms with E-state index in [0.29, 0.717) is 11.9 Å². The Balaban J connectivity index is 1.69. The van der Waals surface area contributed by atoms with Crippen LogP contribution in [-0.2, 0) is 4.79 Å². The smallest absolute Gasteiger partial charge is 0.222 e. The summed E-state index contributed by atoms with van der Waals surface area (Å²) in [6, 6.07) is 0.593. The van der Waals surface area contributed by atoms with Crippen LogP contribution in [-0.4, -0.2) is 29.9 Å². The maximum Gasteiger partial charge on any atom is 0.222 e. The summed E-state index contributed by atoms with van der Waals surface area (Å²) >= 11 is 0. The first-order valence-corrected chi connectivity index (χ1v) is 7.82. The van der Waals surface area contributed by atoms with Gasteiger partial charge in [-0.25, -0.2) is 0 Å². The van der Waals surface area contributed by atoms with Crippen LogP contribution < -0.4 is 5.73 Å². The van der Waals surface area contributed by atoms with Gasteiger partial charge in [-0.15, -0.1) is 0 Å². The molecule has 0 aromatic heterocycles. The highest BCUT2D eigenvalue weighted by molar-refractivity contribution is 5.76. The van der Waals surface area contributed by atoms with E-state index in [4.69, 9.17) is 5.73 Å². The van der Waals surface area contributed by atoms with Crippen LogP contribution in [0.15, 0.2) is 0 Å². The second-order valence-electron chi connectivity index (χ2n) is 5.94. The highest BCUT2D eigenvalue weighted by atomic mass is 16.2. The van der Waals surface area contributed by atoms with Crippen LogP contribution in [0, 0.1) is 5.92 Å². The van der Waals surface area contributed by atoms with Crippen molar-refractivity contribution in [2.45, 2.75) is 70.3 Å². The molecule has 0 radical (unpaired) electrons. The molecule has 2 atom stereocenters. The van der Waals surface area contributed by atoms with E-state index in [2.05, 4.69) is 4.90 Å². The Morgan fingerprint density at radius 1 is 1.06 bits per heavy atom. The minimum atomic E-state index is 0.414. The van der Waals surface area contributed by atoms with Crippen molar-refractivity contribution in [3.63, 3.8) is 0 Å². The molecule has 2 aliphatic rings. The molecule has 1 aliphatic heterocycles. The fourth-order valence-electron chi connectivity index (χ4n) is 3.63. The van der Waals surface area contributed by atoms with E-state index in [9.17, 15) is 4.79 Å². The third-order valence-corrected chi connectivity index (χ3v) is 4.68. The number of rotatable bonds is 6. The molecule has 2 N–H and O–H groups in total. The Morgan fingerprint density at radius 3 is 2.67 bits per heavy atom. The topological polar surface area (TPSA) is 46.3 Å². The Labute approximate surface area is 111 Å². The number of carbonyl (C=O) groups excluding carboxylic acids is 1. The molecule has 2 fully saturated rings. The second kappa shape index (κ2) is 7.13. The van der Waals surface area contributed by atoms with Gasteiger partial charge in [-0.1, -0.05) is 25.7 Å². The molecule has 2 rings (SSSR count). The zero-order chi connectivity index (χ0) is 12.8. The van der Waals surface area contributed by atoms with Gasteiger partial charge in [0.1, 0.15) is 0 Å². The fraction of sp³-hybridized carbons (Fsp3) is 0.933. The van der Waals surface area contributed by atoms with Gasteiger partial charge >= 0.3 is 0 Å². The number of nitrogens with two attached hydrogens (primary N) is 1. The van der Waals surface area contributed by atoms with Crippen LogP contribution in [0.1, 0.15) is 64.2 Å². The third kappa shape index (κ3) is 3.47. The minimum Gasteiger partial charge on any atom is -0.339 e. The molecular formula is C15H28N2O. The molecular weight excluding hydrogens is 224 g/mol. The van der Waals surface area contributed by atoms with E-state index in [1.807, 2.05) is 0 Å². The van der Waals surface area contributed by atoms with Gasteiger partial charge in [-0.2, -0.15) is 0 Å². The number of hydrogen-bond acceptors (Lipinski definition) is 2. The predicted octanol–water partition coefficient (Wildman–Crippen LogP) is 2.69. The van der Waals surface area contributed by atoms with Gasteiger partial charge in [-0.3, -0.25) is 4.79 Å². The Hall–Kier alpha value is -0.570.